The molecule has 3 heteroatoms. The maximum Gasteiger partial charge on any atom is 0.307 e. The van der Waals surface area contributed by atoms with Crippen molar-refractivity contribution >= 4 is 5.97 Å². The highest BCUT2D eigenvalue weighted by Gasteiger charge is 2.17. The molecule has 0 amide bonds. The van der Waals surface area contributed by atoms with Gasteiger partial charge < -0.3 is 10.1 Å². The highest BCUT2D eigenvalue weighted by molar-refractivity contribution is 5.70. The van der Waals surface area contributed by atoms with Gasteiger partial charge in [-0.2, -0.15) is 0 Å². The zero-order chi connectivity index (χ0) is 12.8. The average molecular weight is 229 g/mol. The number of nitrogens with one attached hydrogen (secondary N) is 1. The SMILES string of the molecule is CCC(C)(C)CNCCC(=O)OC(C)(C)C. The molecule has 0 saturated heterocycles. The maximum atomic E-state index is 11.4. The molecule has 0 saturated carbocycles. The highest BCUT2D eigenvalue weighted by Crippen LogP contribution is 2.17. The Bertz CT molecular complexity index is 216. The summed E-state index contributed by atoms with van der Waals surface area (Å²) >= 11 is 0. The first-order valence-electron chi connectivity index (χ1n) is 6.09. The van der Waals surface area contributed by atoms with E-state index in [2.05, 4.69) is 26.1 Å². The topological polar surface area (TPSA) is 38.3 Å². The minimum Gasteiger partial charge on any atom is -0.460 e. The predicted octanol–water partition coefficient (Wildman–Crippen LogP) is 2.74. The van der Waals surface area contributed by atoms with E-state index in [0.29, 0.717) is 18.4 Å². The van der Waals surface area contributed by atoms with Gasteiger partial charge in [-0.05, 0) is 32.6 Å². The van der Waals surface area contributed by atoms with Crippen molar-refractivity contribution in [3.8, 4) is 0 Å². The van der Waals surface area contributed by atoms with E-state index in [0.717, 1.165) is 13.0 Å². The molecule has 0 rings (SSSR count). The molecule has 1 N–H and O–H groups in total. The molecule has 0 aromatic rings. The summed E-state index contributed by atoms with van der Waals surface area (Å²) in [6.07, 6.45) is 1.57. The van der Waals surface area contributed by atoms with Gasteiger partial charge in [0.1, 0.15) is 5.60 Å². The molecule has 96 valence electrons. The van der Waals surface area contributed by atoms with E-state index in [9.17, 15) is 4.79 Å². The van der Waals surface area contributed by atoms with Crippen LogP contribution in [-0.4, -0.2) is 24.7 Å². The van der Waals surface area contributed by atoms with Gasteiger partial charge in [0.2, 0.25) is 0 Å². The van der Waals surface area contributed by atoms with E-state index in [1.54, 1.807) is 0 Å². The molecule has 0 bridgehead atoms. The summed E-state index contributed by atoms with van der Waals surface area (Å²) in [6, 6.07) is 0. The molecule has 0 atom stereocenters. The molecule has 0 spiro atoms. The maximum absolute atomic E-state index is 11.4. The Morgan fingerprint density at radius 3 is 2.19 bits per heavy atom. The first kappa shape index (κ1) is 15.4. The zero-order valence-corrected chi connectivity index (χ0v) is 11.6. The molecule has 3 nitrogen and oxygen atoms in total. The summed E-state index contributed by atoms with van der Waals surface area (Å²) in [5.41, 5.74) is -0.0757. The van der Waals surface area contributed by atoms with Crippen LogP contribution in [0.25, 0.3) is 0 Å². The summed E-state index contributed by atoms with van der Waals surface area (Å²) in [6.45, 7) is 13.9. The molecule has 0 heterocycles. The molecule has 0 aliphatic rings. The van der Waals surface area contributed by atoms with Crippen molar-refractivity contribution in [2.45, 2.75) is 60.0 Å². The van der Waals surface area contributed by atoms with Crippen LogP contribution in [0.4, 0.5) is 0 Å². The number of hydrogen-bond donors (Lipinski definition) is 1. The third kappa shape index (κ3) is 8.72. The predicted molar refractivity (Wildman–Crippen MR) is 67.4 cm³/mol. The van der Waals surface area contributed by atoms with Crippen molar-refractivity contribution in [3.63, 3.8) is 0 Å². The number of rotatable bonds is 6. The van der Waals surface area contributed by atoms with Crippen molar-refractivity contribution < 1.29 is 9.53 Å². The summed E-state index contributed by atoms with van der Waals surface area (Å²) in [7, 11) is 0. The smallest absolute Gasteiger partial charge is 0.307 e. The minimum atomic E-state index is -0.375. The number of carbonyl (C=O) groups is 1. The highest BCUT2D eigenvalue weighted by atomic mass is 16.6. The van der Waals surface area contributed by atoms with E-state index < -0.39 is 0 Å². The number of ether oxygens (including phenoxy) is 1. The van der Waals surface area contributed by atoms with Crippen LogP contribution in [0.3, 0.4) is 0 Å². The van der Waals surface area contributed by atoms with Gasteiger partial charge in [-0.25, -0.2) is 0 Å². The van der Waals surface area contributed by atoms with Gasteiger partial charge in [-0.1, -0.05) is 20.8 Å². The second-order valence-electron chi connectivity index (χ2n) is 6.03. The first-order chi connectivity index (χ1) is 7.16. The van der Waals surface area contributed by atoms with Gasteiger partial charge in [-0.3, -0.25) is 4.79 Å². The number of esters is 1. The summed E-state index contributed by atoms with van der Waals surface area (Å²) in [5.74, 6) is -0.130. The Kier molecular flexibility index (Phi) is 6.01. The summed E-state index contributed by atoms with van der Waals surface area (Å²) < 4.78 is 5.22. The quantitative estimate of drug-likeness (QED) is 0.562. The molecular formula is C13H27NO2. The summed E-state index contributed by atoms with van der Waals surface area (Å²) in [4.78, 5) is 11.4. The van der Waals surface area contributed by atoms with E-state index in [-0.39, 0.29) is 11.6 Å². The Labute approximate surface area is 99.9 Å². The van der Waals surface area contributed by atoms with Crippen molar-refractivity contribution in [1.29, 1.82) is 0 Å². The molecule has 0 aromatic carbocycles. The van der Waals surface area contributed by atoms with Crippen LogP contribution in [-0.2, 0) is 9.53 Å². The fraction of sp³-hybridized carbons (Fsp3) is 0.923. The third-order valence-electron chi connectivity index (χ3n) is 2.49. The molecule has 16 heavy (non-hydrogen) atoms. The average Bonchev–Trinajstić information content (AvgIpc) is 2.10. The van der Waals surface area contributed by atoms with Crippen LogP contribution in [0.5, 0.6) is 0 Å². The van der Waals surface area contributed by atoms with Crippen molar-refractivity contribution in [3.05, 3.63) is 0 Å². The van der Waals surface area contributed by atoms with Crippen LogP contribution in [0.15, 0.2) is 0 Å². The zero-order valence-electron chi connectivity index (χ0n) is 11.6. The molecule has 0 unspecified atom stereocenters. The Morgan fingerprint density at radius 2 is 1.75 bits per heavy atom. The van der Waals surface area contributed by atoms with Crippen LogP contribution >= 0.6 is 0 Å². The number of carbonyl (C=O) groups excluding carboxylic acids is 1. The molecule has 0 aromatic heterocycles. The normalized spacial score (nSPS) is 12.6. The lowest BCUT2D eigenvalue weighted by Gasteiger charge is -2.23. The van der Waals surface area contributed by atoms with Crippen LogP contribution in [0, 0.1) is 5.41 Å². The van der Waals surface area contributed by atoms with E-state index in [4.69, 9.17) is 4.74 Å². The number of hydrogen-bond acceptors (Lipinski definition) is 3. The minimum absolute atomic E-state index is 0.130. The van der Waals surface area contributed by atoms with Gasteiger partial charge in [0, 0.05) is 13.1 Å². The Morgan fingerprint density at radius 1 is 1.19 bits per heavy atom. The van der Waals surface area contributed by atoms with Gasteiger partial charge in [0.25, 0.3) is 0 Å². The third-order valence-corrected chi connectivity index (χ3v) is 2.49. The lowest BCUT2D eigenvalue weighted by atomic mass is 9.90. The lowest BCUT2D eigenvalue weighted by Crippen LogP contribution is -2.32. The second kappa shape index (κ2) is 6.24. The van der Waals surface area contributed by atoms with E-state index in [1.165, 1.54) is 0 Å². The van der Waals surface area contributed by atoms with Crippen molar-refractivity contribution in [2.24, 2.45) is 5.41 Å². The van der Waals surface area contributed by atoms with Gasteiger partial charge in [-0.15, -0.1) is 0 Å². The fourth-order valence-electron chi connectivity index (χ4n) is 1.13. The summed E-state index contributed by atoms with van der Waals surface area (Å²) in [5, 5.41) is 3.29. The van der Waals surface area contributed by atoms with Crippen LogP contribution in [0.1, 0.15) is 54.4 Å². The molecule has 0 radical (unpaired) electrons. The van der Waals surface area contributed by atoms with Crippen LogP contribution < -0.4 is 5.32 Å². The fourth-order valence-corrected chi connectivity index (χ4v) is 1.13. The molecule has 0 aliphatic heterocycles. The van der Waals surface area contributed by atoms with Crippen molar-refractivity contribution in [2.75, 3.05) is 13.1 Å². The molecular weight excluding hydrogens is 202 g/mol. The molecule has 0 aliphatic carbocycles. The van der Waals surface area contributed by atoms with E-state index in [1.807, 2.05) is 20.8 Å². The van der Waals surface area contributed by atoms with Gasteiger partial charge in [0.05, 0.1) is 6.42 Å². The molecule has 0 fully saturated rings. The second-order valence-corrected chi connectivity index (χ2v) is 6.03. The first-order valence-corrected chi connectivity index (χ1v) is 6.09. The monoisotopic (exact) mass is 229 g/mol. The van der Waals surface area contributed by atoms with Gasteiger partial charge in [0.15, 0.2) is 0 Å². The Hall–Kier alpha value is -0.570. The lowest BCUT2D eigenvalue weighted by molar-refractivity contribution is -0.154. The standard InChI is InChI=1S/C13H27NO2/c1-7-13(5,6)10-14-9-8-11(15)16-12(2,3)4/h14H,7-10H2,1-6H3. The van der Waals surface area contributed by atoms with Crippen LogP contribution in [0.2, 0.25) is 0 Å². The van der Waals surface area contributed by atoms with Crippen molar-refractivity contribution in [1.82, 2.24) is 5.32 Å². The Balaban J connectivity index is 3.64. The van der Waals surface area contributed by atoms with E-state index >= 15 is 0 Å². The van der Waals surface area contributed by atoms with Gasteiger partial charge >= 0.3 is 5.97 Å². The largest absolute Gasteiger partial charge is 0.460 e.